The average molecular weight is 411 g/mol. The van der Waals surface area contributed by atoms with Crippen LogP contribution < -0.4 is 5.32 Å². The van der Waals surface area contributed by atoms with Gasteiger partial charge in [0.05, 0.1) is 40.7 Å². The Kier molecular flexibility index (Phi) is 7.01. The van der Waals surface area contributed by atoms with Crippen molar-refractivity contribution < 1.29 is 27.5 Å². The number of nitrogens with zero attached hydrogens (tertiary/aromatic N) is 1. The smallest absolute Gasteiger partial charge is 0.416 e. The van der Waals surface area contributed by atoms with Crippen molar-refractivity contribution >= 4 is 23.5 Å². The first-order chi connectivity index (χ1) is 13.2. The van der Waals surface area contributed by atoms with Crippen molar-refractivity contribution in [1.82, 2.24) is 5.32 Å². The van der Waals surface area contributed by atoms with E-state index in [-0.39, 0.29) is 29.1 Å². The van der Waals surface area contributed by atoms with E-state index < -0.39 is 29.7 Å². The molecule has 1 amide bonds. The maximum Gasteiger partial charge on any atom is 0.416 e. The maximum absolute atomic E-state index is 12.8. The molecular weight excluding hydrogens is 397 g/mol. The van der Waals surface area contributed by atoms with Gasteiger partial charge in [0.2, 0.25) is 0 Å². The number of carbonyl (C=O) groups excluding carboxylic acids is 2. The number of esters is 1. The molecule has 0 radical (unpaired) electrons. The van der Waals surface area contributed by atoms with Gasteiger partial charge in [-0.3, -0.25) is 4.79 Å². The van der Waals surface area contributed by atoms with E-state index in [1.165, 1.54) is 18.2 Å². The summed E-state index contributed by atoms with van der Waals surface area (Å²) < 4.78 is 43.4. The molecule has 0 fully saturated rings. The number of ether oxygens (including phenoxy) is 1. The number of hydrogen-bond donors (Lipinski definition) is 1. The summed E-state index contributed by atoms with van der Waals surface area (Å²) in [5, 5.41) is 11.6. The number of amides is 1. The SMILES string of the molecule is N#CC[C@@H](CNC(=O)c1ccccc1Cl)OC(=O)c1cccc(C(F)(F)F)c1. The second-order valence-corrected chi connectivity index (χ2v) is 6.07. The highest BCUT2D eigenvalue weighted by molar-refractivity contribution is 6.33. The molecule has 0 aliphatic carbocycles. The van der Waals surface area contributed by atoms with Crippen LogP contribution >= 0.6 is 11.6 Å². The van der Waals surface area contributed by atoms with Crippen LogP contribution in [0, 0.1) is 11.3 Å². The number of alkyl halides is 3. The van der Waals surface area contributed by atoms with Crippen molar-refractivity contribution in [2.75, 3.05) is 6.54 Å². The summed E-state index contributed by atoms with van der Waals surface area (Å²) in [4.78, 5) is 24.3. The van der Waals surface area contributed by atoms with E-state index in [2.05, 4.69) is 5.32 Å². The van der Waals surface area contributed by atoms with Crippen molar-refractivity contribution in [3.8, 4) is 6.07 Å². The molecule has 0 aliphatic rings. The summed E-state index contributed by atoms with van der Waals surface area (Å²) in [5.74, 6) is -1.57. The number of halogens is 4. The lowest BCUT2D eigenvalue weighted by Crippen LogP contribution is -2.35. The largest absolute Gasteiger partial charge is 0.456 e. The second-order valence-electron chi connectivity index (χ2n) is 5.66. The minimum Gasteiger partial charge on any atom is -0.456 e. The number of carbonyl (C=O) groups is 2. The molecule has 28 heavy (non-hydrogen) atoms. The summed E-state index contributed by atoms with van der Waals surface area (Å²) in [6.07, 6.45) is -5.91. The Labute approximate surface area is 163 Å². The average Bonchev–Trinajstić information content (AvgIpc) is 2.65. The standard InChI is InChI=1S/C19H14ClF3N2O3/c20-16-7-2-1-6-15(16)17(26)25-11-14(8-9-24)28-18(27)12-4-3-5-13(10-12)19(21,22)23/h1-7,10,14H,8,11H2,(H,25,26)/t14-/m0/s1. The van der Waals surface area contributed by atoms with Crippen LogP contribution in [0.2, 0.25) is 5.02 Å². The molecule has 1 N–H and O–H groups in total. The van der Waals surface area contributed by atoms with Gasteiger partial charge in [-0.1, -0.05) is 29.8 Å². The Balaban J connectivity index is 2.04. The van der Waals surface area contributed by atoms with Gasteiger partial charge in [-0.05, 0) is 30.3 Å². The van der Waals surface area contributed by atoms with Crippen LogP contribution in [0.4, 0.5) is 13.2 Å². The molecule has 0 bridgehead atoms. The Morgan fingerprint density at radius 1 is 1.18 bits per heavy atom. The fraction of sp³-hybridized carbons (Fsp3) is 0.211. The van der Waals surface area contributed by atoms with E-state index in [9.17, 15) is 22.8 Å². The zero-order valence-corrected chi connectivity index (χ0v) is 15.1. The Bertz CT molecular complexity index is 910. The van der Waals surface area contributed by atoms with Gasteiger partial charge >= 0.3 is 12.1 Å². The first-order valence-electron chi connectivity index (χ1n) is 8.00. The van der Waals surface area contributed by atoms with Crippen LogP contribution in [0.3, 0.4) is 0 Å². The lowest BCUT2D eigenvalue weighted by Gasteiger charge is -2.17. The zero-order chi connectivity index (χ0) is 20.7. The first kappa shape index (κ1) is 21.3. The van der Waals surface area contributed by atoms with Crippen LogP contribution in [0.25, 0.3) is 0 Å². The molecule has 0 heterocycles. The van der Waals surface area contributed by atoms with E-state index >= 15 is 0 Å². The third kappa shape index (κ3) is 5.72. The fourth-order valence-electron chi connectivity index (χ4n) is 2.25. The van der Waals surface area contributed by atoms with Crippen molar-refractivity contribution in [3.05, 3.63) is 70.2 Å². The summed E-state index contributed by atoms with van der Waals surface area (Å²) >= 11 is 5.92. The lowest BCUT2D eigenvalue weighted by molar-refractivity contribution is -0.137. The quantitative estimate of drug-likeness (QED) is 0.723. The van der Waals surface area contributed by atoms with Crippen LogP contribution in [0.15, 0.2) is 48.5 Å². The topological polar surface area (TPSA) is 79.2 Å². The van der Waals surface area contributed by atoms with E-state index in [0.717, 1.165) is 12.1 Å². The number of hydrogen-bond acceptors (Lipinski definition) is 4. The molecule has 0 aliphatic heterocycles. The third-order valence-electron chi connectivity index (χ3n) is 3.63. The van der Waals surface area contributed by atoms with Gasteiger partial charge in [0.1, 0.15) is 6.10 Å². The summed E-state index contributed by atoms with van der Waals surface area (Å²) in [7, 11) is 0. The highest BCUT2D eigenvalue weighted by Crippen LogP contribution is 2.29. The highest BCUT2D eigenvalue weighted by atomic mass is 35.5. The molecule has 2 aromatic rings. The van der Waals surface area contributed by atoms with Gasteiger partial charge in [-0.25, -0.2) is 4.79 Å². The molecular formula is C19H14ClF3N2O3. The minimum atomic E-state index is -4.61. The Morgan fingerprint density at radius 3 is 2.54 bits per heavy atom. The van der Waals surface area contributed by atoms with E-state index in [4.69, 9.17) is 21.6 Å². The van der Waals surface area contributed by atoms with Crippen LogP contribution in [-0.2, 0) is 10.9 Å². The normalized spacial score (nSPS) is 12.0. The Hall–Kier alpha value is -3.05. The van der Waals surface area contributed by atoms with Crippen LogP contribution in [-0.4, -0.2) is 24.5 Å². The number of nitrogens with one attached hydrogen (secondary N) is 1. The van der Waals surface area contributed by atoms with Crippen molar-refractivity contribution in [3.63, 3.8) is 0 Å². The molecule has 0 aromatic heterocycles. The zero-order valence-electron chi connectivity index (χ0n) is 14.3. The van der Waals surface area contributed by atoms with Gasteiger partial charge in [-0.15, -0.1) is 0 Å². The van der Waals surface area contributed by atoms with Crippen LogP contribution in [0.5, 0.6) is 0 Å². The fourth-order valence-corrected chi connectivity index (χ4v) is 2.47. The lowest BCUT2D eigenvalue weighted by atomic mass is 10.1. The third-order valence-corrected chi connectivity index (χ3v) is 3.96. The van der Waals surface area contributed by atoms with Gasteiger partial charge in [0.25, 0.3) is 5.91 Å². The molecule has 146 valence electrons. The minimum absolute atomic E-state index is 0.198. The second kappa shape index (κ2) is 9.24. The number of nitriles is 1. The molecule has 2 rings (SSSR count). The van der Waals surface area contributed by atoms with Gasteiger partial charge in [0.15, 0.2) is 0 Å². The molecule has 0 spiro atoms. The number of rotatable bonds is 6. The predicted octanol–water partition coefficient (Wildman–Crippen LogP) is 4.23. The summed E-state index contributed by atoms with van der Waals surface area (Å²) in [6.45, 7) is -0.206. The molecule has 0 saturated heterocycles. The Morgan fingerprint density at radius 2 is 1.89 bits per heavy atom. The van der Waals surface area contributed by atoms with E-state index in [0.29, 0.717) is 6.07 Å². The maximum atomic E-state index is 12.8. The van der Waals surface area contributed by atoms with Crippen LogP contribution in [0.1, 0.15) is 32.7 Å². The molecule has 1 atom stereocenters. The number of benzene rings is 2. The summed E-state index contributed by atoms with van der Waals surface area (Å²) in [5.41, 5.74) is -1.11. The molecule has 0 saturated carbocycles. The molecule has 2 aromatic carbocycles. The van der Waals surface area contributed by atoms with Crippen molar-refractivity contribution in [1.29, 1.82) is 5.26 Å². The highest BCUT2D eigenvalue weighted by Gasteiger charge is 2.31. The first-order valence-corrected chi connectivity index (χ1v) is 8.38. The molecule has 5 nitrogen and oxygen atoms in total. The van der Waals surface area contributed by atoms with Gasteiger partial charge < -0.3 is 10.1 Å². The molecule has 9 heteroatoms. The van der Waals surface area contributed by atoms with E-state index in [1.54, 1.807) is 18.2 Å². The summed E-state index contributed by atoms with van der Waals surface area (Å²) in [6, 6.07) is 11.8. The monoisotopic (exact) mass is 410 g/mol. The van der Waals surface area contributed by atoms with E-state index in [1.807, 2.05) is 0 Å². The van der Waals surface area contributed by atoms with Gasteiger partial charge in [-0.2, -0.15) is 18.4 Å². The van der Waals surface area contributed by atoms with Crippen molar-refractivity contribution in [2.45, 2.75) is 18.7 Å². The van der Waals surface area contributed by atoms with Crippen molar-refractivity contribution in [2.24, 2.45) is 0 Å². The van der Waals surface area contributed by atoms with Gasteiger partial charge in [0, 0.05) is 0 Å². The molecule has 0 unspecified atom stereocenters. The predicted molar refractivity (Wildman–Crippen MR) is 94.7 cm³/mol.